The number of anilines is 1. The Morgan fingerprint density at radius 3 is 2.68 bits per heavy atom. The molecule has 0 unspecified atom stereocenters. The molecule has 266 valence electrons. The van der Waals surface area contributed by atoms with Gasteiger partial charge in [-0.05, 0) is 117 Å². The number of ketones is 1. The van der Waals surface area contributed by atoms with Crippen LogP contribution in [0.1, 0.15) is 84.3 Å². The number of hydrogen-bond acceptors (Lipinski definition) is 8. The molecule has 1 aromatic heterocycles. The summed E-state index contributed by atoms with van der Waals surface area (Å²) in [5.41, 5.74) is 2.64. The van der Waals surface area contributed by atoms with E-state index in [4.69, 9.17) is 21.1 Å². The fourth-order valence-electron chi connectivity index (χ4n) is 7.53. The number of sulfonamides is 1. The number of benzene rings is 2. The van der Waals surface area contributed by atoms with Crippen LogP contribution < -0.4 is 14.4 Å². The van der Waals surface area contributed by atoms with Crippen LogP contribution >= 0.6 is 11.6 Å². The molecule has 11 heteroatoms. The SMILES string of the molecule is CO[C@@]1(CC(=O)c2ccccn2)/C=C/C[C@H](C)[C@@H](C)S(=O)(=O)NC(=O)c2ccc3c(c2)N(CCCCc2cc(Cl)ccc2CO3)C[C@@H]2CC[C@H]21. The first-order chi connectivity index (χ1) is 24.0. The molecule has 5 atom stereocenters. The molecule has 1 N–H and O–H groups in total. The predicted molar refractivity (Wildman–Crippen MR) is 195 cm³/mol. The fraction of sp³-hybridized carbons (Fsp3) is 0.462. The number of methoxy groups -OCH3 is 1. The molecule has 0 spiro atoms. The van der Waals surface area contributed by atoms with E-state index in [1.807, 2.05) is 37.3 Å². The second-order valence-electron chi connectivity index (χ2n) is 14.0. The Balaban J connectivity index is 1.42. The first kappa shape index (κ1) is 36.1. The van der Waals surface area contributed by atoms with Gasteiger partial charge in [0, 0.05) is 43.4 Å². The summed E-state index contributed by atoms with van der Waals surface area (Å²) in [7, 11) is -2.36. The summed E-state index contributed by atoms with van der Waals surface area (Å²) in [6.45, 7) is 5.12. The lowest BCUT2D eigenvalue weighted by Gasteiger charge is -2.49. The number of hydrogen-bond donors (Lipinski definition) is 1. The van der Waals surface area contributed by atoms with Gasteiger partial charge >= 0.3 is 0 Å². The van der Waals surface area contributed by atoms with Crippen LogP contribution in [-0.2, 0) is 27.8 Å². The van der Waals surface area contributed by atoms with Gasteiger partial charge in [-0.15, -0.1) is 0 Å². The van der Waals surface area contributed by atoms with Gasteiger partial charge in [-0.1, -0.05) is 42.8 Å². The van der Waals surface area contributed by atoms with Crippen LogP contribution in [0, 0.1) is 17.8 Å². The third kappa shape index (κ3) is 7.77. The molecule has 2 bridgehead atoms. The molecule has 1 aliphatic carbocycles. The van der Waals surface area contributed by atoms with Crippen molar-refractivity contribution in [3.8, 4) is 5.75 Å². The van der Waals surface area contributed by atoms with Crippen LogP contribution in [0.5, 0.6) is 5.75 Å². The predicted octanol–water partition coefficient (Wildman–Crippen LogP) is 7.19. The van der Waals surface area contributed by atoms with Gasteiger partial charge in [0.1, 0.15) is 18.1 Å². The highest BCUT2D eigenvalue weighted by molar-refractivity contribution is 7.90. The minimum absolute atomic E-state index is 0.0150. The van der Waals surface area contributed by atoms with Crippen LogP contribution in [0.15, 0.2) is 72.9 Å². The number of allylic oxidation sites excluding steroid dienone is 1. The first-order valence-corrected chi connectivity index (χ1v) is 19.4. The summed E-state index contributed by atoms with van der Waals surface area (Å²) in [5, 5.41) is -0.173. The average Bonchev–Trinajstić information content (AvgIpc) is 3.12. The maximum atomic E-state index is 13.7. The molecule has 0 radical (unpaired) electrons. The average molecular weight is 720 g/mol. The number of pyridine rings is 1. The van der Waals surface area contributed by atoms with Gasteiger partial charge in [-0.25, -0.2) is 13.1 Å². The topological polar surface area (TPSA) is 115 Å². The quantitative estimate of drug-likeness (QED) is 0.223. The van der Waals surface area contributed by atoms with Crippen LogP contribution in [0.3, 0.4) is 0 Å². The normalized spacial score (nSPS) is 27.6. The van der Waals surface area contributed by atoms with E-state index in [-0.39, 0.29) is 35.5 Å². The summed E-state index contributed by atoms with van der Waals surface area (Å²) < 4.78 is 42.1. The van der Waals surface area contributed by atoms with Crippen molar-refractivity contribution < 1.29 is 27.5 Å². The number of Topliss-reactive ketones (excluding diaryl/α,β-unsaturated/α-hetero) is 1. The van der Waals surface area contributed by atoms with Gasteiger partial charge in [0.15, 0.2) is 5.78 Å². The zero-order valence-electron chi connectivity index (χ0n) is 28.9. The van der Waals surface area contributed by atoms with Gasteiger partial charge in [-0.2, -0.15) is 0 Å². The standard InChI is InChI=1S/C39H46ClN3O6S/c1-26-9-8-18-39(48-3,23-36(44)34-11-4-6-19-41-34)33-16-13-30(33)24-43-20-7-5-10-28-21-32(40)15-12-31(28)25-49-37-17-14-29(22-35(37)43)38(45)42-50(46,47)27(26)2/h4,6,8,11-12,14-15,17-19,21-22,26-27,30,33H,5,7,9-10,13,16,20,23-25H2,1-3H3,(H,42,45)/b18-8+/t26-,27+,30-,33+,39+/m0/s1. The molecule has 0 saturated heterocycles. The molecule has 1 amide bonds. The van der Waals surface area contributed by atoms with E-state index in [0.29, 0.717) is 42.6 Å². The Labute approximate surface area is 300 Å². The van der Waals surface area contributed by atoms with E-state index in [9.17, 15) is 18.0 Å². The number of amides is 1. The molecule has 1 saturated carbocycles. The van der Waals surface area contributed by atoms with Gasteiger partial charge in [0.2, 0.25) is 10.0 Å². The lowest BCUT2D eigenvalue weighted by molar-refractivity contribution is -0.0741. The number of carbonyl (C=O) groups excluding carboxylic acids is 2. The Morgan fingerprint density at radius 2 is 1.94 bits per heavy atom. The van der Waals surface area contributed by atoms with Crippen molar-refractivity contribution in [3.05, 3.63) is 100 Å². The Kier molecular flexibility index (Phi) is 11.0. The molecule has 50 heavy (non-hydrogen) atoms. The maximum Gasteiger partial charge on any atom is 0.264 e. The summed E-state index contributed by atoms with van der Waals surface area (Å²) >= 11 is 6.37. The molecule has 1 fully saturated rings. The van der Waals surface area contributed by atoms with E-state index in [1.54, 1.807) is 56.6 Å². The molecular formula is C39H46ClN3O6S. The monoisotopic (exact) mass is 719 g/mol. The van der Waals surface area contributed by atoms with Gasteiger partial charge < -0.3 is 14.4 Å². The molecule has 3 aromatic rings. The number of halogens is 1. The van der Waals surface area contributed by atoms with Gasteiger partial charge in [0.25, 0.3) is 5.91 Å². The Hall–Kier alpha value is -3.73. The minimum atomic E-state index is -4.02. The smallest absolute Gasteiger partial charge is 0.264 e. The van der Waals surface area contributed by atoms with Crippen LogP contribution in [-0.4, -0.2) is 56.1 Å². The number of carbonyl (C=O) groups is 2. The second-order valence-corrected chi connectivity index (χ2v) is 16.5. The highest BCUT2D eigenvalue weighted by Gasteiger charge is 2.48. The highest BCUT2D eigenvalue weighted by Crippen LogP contribution is 2.48. The number of nitrogens with one attached hydrogen (secondary N) is 1. The second kappa shape index (κ2) is 15.3. The summed E-state index contributed by atoms with van der Waals surface area (Å²) in [6.07, 6.45) is 10.5. The summed E-state index contributed by atoms with van der Waals surface area (Å²) in [6, 6.07) is 16.3. The molecule has 2 aliphatic heterocycles. The Morgan fingerprint density at radius 1 is 1.10 bits per heavy atom. The van der Waals surface area contributed by atoms with Crippen molar-refractivity contribution in [2.75, 3.05) is 25.1 Å². The minimum Gasteiger partial charge on any atom is -0.487 e. The van der Waals surface area contributed by atoms with Crippen molar-refractivity contribution in [2.24, 2.45) is 17.8 Å². The van der Waals surface area contributed by atoms with E-state index < -0.39 is 26.8 Å². The number of aryl methyl sites for hydroxylation is 1. The van der Waals surface area contributed by atoms with Crippen molar-refractivity contribution in [2.45, 2.75) is 76.3 Å². The van der Waals surface area contributed by atoms with Crippen molar-refractivity contribution >= 4 is 39.0 Å². The first-order valence-electron chi connectivity index (χ1n) is 17.5. The Bertz CT molecular complexity index is 1850. The molecular weight excluding hydrogens is 674 g/mol. The van der Waals surface area contributed by atoms with Crippen molar-refractivity contribution in [1.29, 1.82) is 0 Å². The summed E-state index contributed by atoms with van der Waals surface area (Å²) in [4.78, 5) is 33.8. The molecule has 9 nitrogen and oxygen atoms in total. The molecule has 6 rings (SSSR count). The number of aromatic nitrogens is 1. The van der Waals surface area contributed by atoms with E-state index in [0.717, 1.165) is 48.9 Å². The van der Waals surface area contributed by atoms with Crippen LogP contribution in [0.4, 0.5) is 5.69 Å². The van der Waals surface area contributed by atoms with Gasteiger partial charge in [0.05, 0.1) is 16.5 Å². The van der Waals surface area contributed by atoms with Crippen molar-refractivity contribution in [1.82, 2.24) is 9.71 Å². The molecule has 3 heterocycles. The number of fused-ring (bicyclic) bond motifs is 3. The van der Waals surface area contributed by atoms with E-state index in [1.165, 1.54) is 0 Å². The zero-order chi connectivity index (χ0) is 35.5. The van der Waals surface area contributed by atoms with Crippen LogP contribution in [0.2, 0.25) is 5.02 Å². The van der Waals surface area contributed by atoms with Gasteiger partial charge in [-0.3, -0.25) is 14.6 Å². The molecule has 2 aromatic carbocycles. The number of ether oxygens (including phenoxy) is 2. The zero-order valence-corrected chi connectivity index (χ0v) is 30.5. The number of rotatable bonds is 4. The fourth-order valence-corrected chi connectivity index (χ4v) is 9.01. The lowest BCUT2D eigenvalue weighted by Crippen LogP contribution is -2.52. The van der Waals surface area contributed by atoms with E-state index >= 15 is 0 Å². The largest absolute Gasteiger partial charge is 0.487 e. The van der Waals surface area contributed by atoms with E-state index in [2.05, 4.69) is 14.6 Å². The summed E-state index contributed by atoms with van der Waals surface area (Å²) in [5.74, 6) is -0.307. The lowest BCUT2D eigenvalue weighted by atomic mass is 9.62. The maximum absolute atomic E-state index is 13.7. The van der Waals surface area contributed by atoms with Crippen LogP contribution in [0.25, 0.3) is 0 Å². The third-order valence-corrected chi connectivity index (χ3v) is 13.1. The number of nitrogens with zero attached hydrogens (tertiary/aromatic N) is 2. The van der Waals surface area contributed by atoms with Crippen molar-refractivity contribution in [3.63, 3.8) is 0 Å². The highest BCUT2D eigenvalue weighted by atomic mass is 35.5. The molecule has 3 aliphatic rings. The third-order valence-electron chi connectivity index (χ3n) is 10.9.